The number of amidine groups is 2. The molecule has 1 aromatic rings. The van der Waals surface area contributed by atoms with Gasteiger partial charge in [-0.1, -0.05) is 37.8 Å². The molecular formula is C24H27ClN6O2S. The van der Waals surface area contributed by atoms with Crippen molar-refractivity contribution in [1.82, 2.24) is 15.6 Å². The van der Waals surface area contributed by atoms with Crippen LogP contribution in [-0.4, -0.2) is 40.8 Å². The van der Waals surface area contributed by atoms with Gasteiger partial charge in [-0.25, -0.2) is 4.99 Å². The van der Waals surface area contributed by atoms with Gasteiger partial charge in [0.15, 0.2) is 15.8 Å². The van der Waals surface area contributed by atoms with Crippen LogP contribution < -0.4 is 10.7 Å². The molecule has 2 aliphatic heterocycles. The summed E-state index contributed by atoms with van der Waals surface area (Å²) in [7, 11) is 3.31. The van der Waals surface area contributed by atoms with Crippen LogP contribution in [0.4, 0.5) is 0 Å². The normalized spacial score (nSPS) is 20.7. The van der Waals surface area contributed by atoms with Gasteiger partial charge in [0, 0.05) is 18.5 Å². The van der Waals surface area contributed by atoms with E-state index in [9.17, 15) is 4.79 Å². The van der Waals surface area contributed by atoms with Crippen LogP contribution in [0.15, 0.2) is 40.3 Å². The number of nitriles is 1. The maximum absolute atomic E-state index is 13.2. The Morgan fingerprint density at radius 2 is 2.15 bits per heavy atom. The fraction of sp³-hybridized carbons (Fsp3) is 0.417. The van der Waals surface area contributed by atoms with E-state index < -0.39 is 6.04 Å². The lowest BCUT2D eigenvalue weighted by atomic mass is 9.94. The molecule has 1 aliphatic carbocycles. The summed E-state index contributed by atoms with van der Waals surface area (Å²) < 4.78 is 5.51. The summed E-state index contributed by atoms with van der Waals surface area (Å²) in [6, 6.07) is 6.97. The number of thioether (sulfide) groups is 1. The first kappa shape index (κ1) is 25.5. The molecule has 0 spiro atoms. The number of rotatable bonds is 4. The Labute approximate surface area is 209 Å². The number of carbonyl (C=O) groups excluding carboxylic acids is 1. The van der Waals surface area contributed by atoms with E-state index in [4.69, 9.17) is 21.6 Å². The highest BCUT2D eigenvalue weighted by atomic mass is 35.5. The van der Waals surface area contributed by atoms with Gasteiger partial charge in [0.1, 0.15) is 11.8 Å². The number of halogens is 1. The first-order valence-electron chi connectivity index (χ1n) is 11.0. The summed E-state index contributed by atoms with van der Waals surface area (Å²) >= 11 is 7.62. The van der Waals surface area contributed by atoms with E-state index in [1.165, 1.54) is 18.0 Å². The zero-order chi connectivity index (χ0) is 24.7. The highest BCUT2D eigenvalue weighted by Crippen LogP contribution is 2.35. The van der Waals surface area contributed by atoms with Crippen molar-refractivity contribution in [3.05, 3.63) is 46.8 Å². The molecule has 10 heteroatoms. The van der Waals surface area contributed by atoms with Crippen molar-refractivity contribution in [3.8, 4) is 17.9 Å². The van der Waals surface area contributed by atoms with Crippen LogP contribution in [0.1, 0.15) is 54.2 Å². The molecule has 0 saturated heterocycles. The molecule has 4 rings (SSSR count). The van der Waals surface area contributed by atoms with Crippen LogP contribution in [0.3, 0.4) is 0 Å². The van der Waals surface area contributed by atoms with Gasteiger partial charge < -0.3 is 9.64 Å². The lowest BCUT2D eigenvalue weighted by molar-refractivity contribution is 0.0975. The minimum absolute atomic E-state index is 0.175. The first-order chi connectivity index (χ1) is 16.5. The number of hydrogen-bond acceptors (Lipinski definition) is 8. The summed E-state index contributed by atoms with van der Waals surface area (Å²) in [6.45, 7) is 4.00. The third-order valence-corrected chi connectivity index (χ3v) is 6.39. The van der Waals surface area contributed by atoms with E-state index in [-0.39, 0.29) is 23.0 Å². The van der Waals surface area contributed by atoms with Gasteiger partial charge in [0.25, 0.3) is 5.91 Å². The molecule has 0 radical (unpaired) electrons. The highest BCUT2D eigenvalue weighted by molar-refractivity contribution is 8.14. The molecule has 1 amide bonds. The molecule has 8 nitrogen and oxygen atoms in total. The van der Waals surface area contributed by atoms with Crippen LogP contribution in [0.5, 0.6) is 0 Å². The largest absolute Gasteiger partial charge is 0.497 e. The number of likely N-dealkylation sites (N-methyl/N-ethyl adjacent to an activating group) is 1. The van der Waals surface area contributed by atoms with E-state index in [1.807, 2.05) is 19.9 Å². The Balaban J connectivity index is 0.00000158. The van der Waals surface area contributed by atoms with Gasteiger partial charge in [-0.05, 0) is 53.4 Å². The van der Waals surface area contributed by atoms with Crippen LogP contribution >= 0.6 is 23.4 Å². The van der Waals surface area contributed by atoms with E-state index in [0.717, 1.165) is 18.4 Å². The van der Waals surface area contributed by atoms with Gasteiger partial charge in [0.05, 0.1) is 25.8 Å². The Kier molecular flexibility index (Phi) is 8.86. The molecule has 3 aliphatic rings. The number of nitrogens with zero attached hydrogens (tertiary/aromatic N) is 4. The van der Waals surface area contributed by atoms with Crippen LogP contribution in [0, 0.1) is 29.1 Å². The number of ether oxygens (including phenoxy) is 1. The molecule has 1 fully saturated rings. The predicted octanol–water partition coefficient (Wildman–Crippen LogP) is 3.92. The minimum Gasteiger partial charge on any atom is -0.497 e. The molecule has 1 aromatic carbocycles. The summed E-state index contributed by atoms with van der Waals surface area (Å²) in [5, 5.41) is 16.7. The fourth-order valence-electron chi connectivity index (χ4n) is 3.34. The molecular weight excluding hydrogens is 472 g/mol. The first-order valence-corrected chi connectivity index (χ1v) is 12.3. The number of amides is 1. The van der Waals surface area contributed by atoms with Gasteiger partial charge >= 0.3 is 0 Å². The maximum atomic E-state index is 13.2. The van der Waals surface area contributed by atoms with Crippen LogP contribution in [0.25, 0.3) is 0 Å². The Hall–Kier alpha value is -3.14. The second-order valence-electron chi connectivity index (χ2n) is 7.46. The molecule has 0 bridgehead atoms. The lowest BCUT2D eigenvalue weighted by Crippen LogP contribution is -2.35. The van der Waals surface area contributed by atoms with Crippen molar-refractivity contribution < 1.29 is 9.53 Å². The number of methoxy groups -OCH3 is 1. The third-order valence-electron chi connectivity index (χ3n) is 5.15. The van der Waals surface area contributed by atoms with Gasteiger partial charge in [-0.3, -0.25) is 15.5 Å². The molecule has 2 atom stereocenters. The fourth-order valence-corrected chi connectivity index (χ4v) is 4.19. The molecule has 178 valence electrons. The number of hydrazone groups is 1. The molecule has 2 N–H and O–H groups in total. The molecule has 1 saturated carbocycles. The standard InChI is InChI=1S/C22H21ClN6O2S.C2H6/c1-29-19(17(31-2)12-25-21(29)23)16-11-14(9-10-24)5-7-15(16)20(30)26-22-28-27-18(32-22)8-6-13-3-4-13;1-2/h5,7,11-13,18-19,27H,3-4,9H2,1-2H3,(H,26,28,30);1-2H3. The average Bonchev–Trinajstić information content (AvgIpc) is 3.58. The van der Waals surface area contributed by atoms with Crippen molar-refractivity contribution in [2.45, 2.75) is 44.5 Å². The van der Waals surface area contributed by atoms with Gasteiger partial charge in [-0.15, -0.1) is 0 Å². The summed E-state index contributed by atoms with van der Waals surface area (Å²) in [5.41, 5.74) is 4.80. The van der Waals surface area contributed by atoms with E-state index in [1.54, 1.807) is 31.2 Å². The van der Waals surface area contributed by atoms with Crippen molar-refractivity contribution >= 4 is 39.7 Å². The van der Waals surface area contributed by atoms with Crippen LogP contribution in [-0.2, 0) is 11.2 Å². The van der Waals surface area contributed by atoms with E-state index >= 15 is 0 Å². The second kappa shape index (κ2) is 11.8. The monoisotopic (exact) mass is 498 g/mol. The zero-order valence-electron chi connectivity index (χ0n) is 19.6. The van der Waals surface area contributed by atoms with E-state index in [0.29, 0.717) is 28.0 Å². The Bertz CT molecular complexity index is 1130. The quantitative estimate of drug-likeness (QED) is 0.481. The molecule has 2 unspecified atom stereocenters. The predicted molar refractivity (Wildman–Crippen MR) is 136 cm³/mol. The van der Waals surface area contributed by atoms with Crippen molar-refractivity contribution in [2.24, 2.45) is 16.0 Å². The summed E-state index contributed by atoms with van der Waals surface area (Å²) in [6.07, 6.45) is 4.06. The zero-order valence-corrected chi connectivity index (χ0v) is 21.1. The smallest absolute Gasteiger partial charge is 0.257 e. The lowest BCUT2D eigenvalue weighted by Gasteiger charge is -2.33. The Morgan fingerprint density at radius 3 is 2.82 bits per heavy atom. The third kappa shape index (κ3) is 6.05. The molecule has 34 heavy (non-hydrogen) atoms. The number of aliphatic imine (C=N–C) groups is 1. The second-order valence-corrected chi connectivity index (χ2v) is 8.90. The summed E-state index contributed by atoms with van der Waals surface area (Å²) in [5.74, 6) is 7.05. The number of hydrogen-bond donors (Lipinski definition) is 2. The highest BCUT2D eigenvalue weighted by Gasteiger charge is 2.32. The number of carbonyl (C=O) groups is 1. The molecule has 2 heterocycles. The van der Waals surface area contributed by atoms with Crippen molar-refractivity contribution in [2.75, 3.05) is 14.2 Å². The maximum Gasteiger partial charge on any atom is 0.257 e. The topological polar surface area (TPSA) is 102 Å². The minimum atomic E-state index is -0.474. The molecule has 0 aromatic heterocycles. The van der Waals surface area contributed by atoms with Gasteiger partial charge in [-0.2, -0.15) is 10.4 Å². The number of nitrogens with one attached hydrogen (secondary N) is 2. The van der Waals surface area contributed by atoms with Crippen LogP contribution in [0.2, 0.25) is 0 Å². The number of benzene rings is 1. The Morgan fingerprint density at radius 1 is 1.38 bits per heavy atom. The van der Waals surface area contributed by atoms with E-state index in [2.05, 4.69) is 38.7 Å². The SMILES string of the molecule is CC.COC1=CN=C(Cl)N(C)C1c1cc(CC#N)ccc1C(=O)NC1=NNC(C#CC2CC2)S1. The average molecular weight is 499 g/mol. The van der Waals surface area contributed by atoms with Gasteiger partial charge in [0.2, 0.25) is 0 Å². The summed E-state index contributed by atoms with van der Waals surface area (Å²) in [4.78, 5) is 19.1. The van der Waals surface area contributed by atoms with Crippen molar-refractivity contribution in [3.63, 3.8) is 0 Å². The van der Waals surface area contributed by atoms with Crippen molar-refractivity contribution in [1.29, 1.82) is 5.26 Å².